The van der Waals surface area contributed by atoms with E-state index in [0.29, 0.717) is 25.9 Å². The molecule has 1 fully saturated rings. The van der Waals surface area contributed by atoms with Crippen molar-refractivity contribution in [2.24, 2.45) is 0 Å². The highest BCUT2D eigenvalue weighted by Crippen LogP contribution is 2.22. The molecule has 1 aromatic rings. The predicted octanol–water partition coefficient (Wildman–Crippen LogP) is 2.53. The number of anilines is 1. The highest BCUT2D eigenvalue weighted by atomic mass is 19.2. The summed E-state index contributed by atoms with van der Waals surface area (Å²) in [7, 11) is 0. The minimum Gasteiger partial charge on any atom is -0.380 e. The number of nitrogens with zero attached hydrogens (tertiary/aromatic N) is 1. The Kier molecular flexibility index (Phi) is 3.97. The van der Waals surface area contributed by atoms with Gasteiger partial charge in [-0.1, -0.05) is 0 Å². The molecule has 1 N–H and O–H groups in total. The molecule has 104 valence electrons. The van der Waals surface area contributed by atoms with Crippen molar-refractivity contribution < 1.29 is 18.0 Å². The zero-order valence-corrected chi connectivity index (χ0v) is 10.5. The first-order valence-corrected chi connectivity index (χ1v) is 6.14. The summed E-state index contributed by atoms with van der Waals surface area (Å²) < 4.78 is 39.3. The van der Waals surface area contributed by atoms with E-state index in [1.165, 1.54) is 13.0 Å². The van der Waals surface area contributed by atoms with E-state index in [4.69, 9.17) is 0 Å². The summed E-state index contributed by atoms with van der Waals surface area (Å²) in [5.41, 5.74) is -0.0415. The number of hydrogen-bond acceptors (Lipinski definition) is 2. The maximum absolute atomic E-state index is 13.5. The summed E-state index contributed by atoms with van der Waals surface area (Å²) >= 11 is 0. The van der Waals surface area contributed by atoms with Gasteiger partial charge in [-0.2, -0.15) is 0 Å². The Morgan fingerprint density at radius 1 is 1.21 bits per heavy atom. The quantitative estimate of drug-likeness (QED) is 0.839. The number of hydrogen-bond donors (Lipinski definition) is 1. The monoisotopic (exact) mass is 272 g/mol. The topological polar surface area (TPSA) is 32.3 Å². The van der Waals surface area contributed by atoms with Crippen LogP contribution >= 0.6 is 0 Å². The summed E-state index contributed by atoms with van der Waals surface area (Å²) in [5.74, 6) is -3.85. The van der Waals surface area contributed by atoms with Gasteiger partial charge in [-0.15, -0.1) is 0 Å². The van der Waals surface area contributed by atoms with Crippen molar-refractivity contribution in [3.8, 4) is 0 Å². The molecule has 1 aliphatic heterocycles. The van der Waals surface area contributed by atoms with Crippen LogP contribution in [-0.2, 0) is 4.79 Å². The van der Waals surface area contributed by atoms with Crippen LogP contribution < -0.4 is 5.32 Å². The molecule has 6 heteroatoms. The van der Waals surface area contributed by atoms with Crippen LogP contribution in [0.25, 0.3) is 0 Å². The fraction of sp³-hybridized carbons (Fsp3) is 0.462. The summed E-state index contributed by atoms with van der Waals surface area (Å²) in [6.07, 6.45) is 1.30. The number of rotatable bonds is 2. The van der Waals surface area contributed by atoms with Crippen LogP contribution in [0.2, 0.25) is 0 Å². The molecule has 1 saturated heterocycles. The SMILES string of the molecule is CC(=O)N1CCC(Nc2ccc(F)c(F)c2F)CC1. The van der Waals surface area contributed by atoms with E-state index < -0.39 is 17.5 Å². The third kappa shape index (κ3) is 3.00. The number of likely N-dealkylation sites (tertiary alicyclic amines) is 1. The van der Waals surface area contributed by atoms with Crippen LogP contribution in [0, 0.1) is 17.5 Å². The number of halogens is 3. The van der Waals surface area contributed by atoms with E-state index in [1.807, 2.05) is 0 Å². The molecule has 2 rings (SSSR count). The Labute approximate surface area is 109 Å². The molecule has 3 nitrogen and oxygen atoms in total. The molecule has 0 atom stereocenters. The predicted molar refractivity (Wildman–Crippen MR) is 65.2 cm³/mol. The first-order valence-electron chi connectivity index (χ1n) is 6.14. The van der Waals surface area contributed by atoms with Crippen molar-refractivity contribution in [2.75, 3.05) is 18.4 Å². The van der Waals surface area contributed by atoms with Crippen molar-refractivity contribution in [3.63, 3.8) is 0 Å². The highest BCUT2D eigenvalue weighted by molar-refractivity contribution is 5.73. The second kappa shape index (κ2) is 5.50. The smallest absolute Gasteiger partial charge is 0.219 e. The lowest BCUT2D eigenvalue weighted by Gasteiger charge is -2.32. The maximum Gasteiger partial charge on any atom is 0.219 e. The molecule has 0 aliphatic carbocycles. The second-order valence-electron chi connectivity index (χ2n) is 4.65. The Morgan fingerprint density at radius 2 is 1.84 bits per heavy atom. The molecular formula is C13H15F3N2O. The van der Waals surface area contributed by atoms with Gasteiger partial charge < -0.3 is 10.2 Å². The molecule has 1 amide bonds. The van der Waals surface area contributed by atoms with Crippen LogP contribution in [0.1, 0.15) is 19.8 Å². The lowest BCUT2D eigenvalue weighted by molar-refractivity contribution is -0.129. The van der Waals surface area contributed by atoms with E-state index in [9.17, 15) is 18.0 Å². The van der Waals surface area contributed by atoms with E-state index in [2.05, 4.69) is 5.32 Å². The second-order valence-corrected chi connectivity index (χ2v) is 4.65. The number of carbonyl (C=O) groups excluding carboxylic acids is 1. The third-order valence-corrected chi connectivity index (χ3v) is 3.34. The van der Waals surface area contributed by atoms with E-state index in [-0.39, 0.29) is 17.6 Å². The van der Waals surface area contributed by atoms with E-state index >= 15 is 0 Å². The Morgan fingerprint density at radius 3 is 2.42 bits per heavy atom. The average molecular weight is 272 g/mol. The van der Waals surface area contributed by atoms with Gasteiger partial charge in [0.15, 0.2) is 17.5 Å². The molecule has 0 spiro atoms. The van der Waals surface area contributed by atoms with Gasteiger partial charge in [-0.05, 0) is 25.0 Å². The number of nitrogens with one attached hydrogen (secondary N) is 1. The third-order valence-electron chi connectivity index (χ3n) is 3.34. The van der Waals surface area contributed by atoms with Crippen molar-refractivity contribution in [1.82, 2.24) is 4.90 Å². The average Bonchev–Trinajstić information content (AvgIpc) is 2.40. The fourth-order valence-electron chi connectivity index (χ4n) is 2.20. The van der Waals surface area contributed by atoms with Gasteiger partial charge in [-0.25, -0.2) is 13.2 Å². The molecule has 19 heavy (non-hydrogen) atoms. The molecule has 1 heterocycles. The standard InChI is InChI=1S/C13H15F3N2O/c1-8(19)18-6-4-9(5-7-18)17-11-3-2-10(14)12(15)13(11)16/h2-3,9,17H,4-7H2,1H3. The zero-order valence-electron chi connectivity index (χ0n) is 10.5. The first-order chi connectivity index (χ1) is 8.99. The van der Waals surface area contributed by atoms with Crippen LogP contribution in [0.15, 0.2) is 12.1 Å². The van der Waals surface area contributed by atoms with Crippen LogP contribution in [0.4, 0.5) is 18.9 Å². The lowest BCUT2D eigenvalue weighted by atomic mass is 10.0. The summed E-state index contributed by atoms with van der Waals surface area (Å²) in [6.45, 7) is 2.67. The summed E-state index contributed by atoms with van der Waals surface area (Å²) in [6, 6.07) is 2.03. The molecule has 1 aromatic carbocycles. The van der Waals surface area contributed by atoms with Gasteiger partial charge in [0.2, 0.25) is 5.91 Å². The molecule has 0 aromatic heterocycles. The van der Waals surface area contributed by atoms with Gasteiger partial charge in [-0.3, -0.25) is 4.79 Å². The van der Waals surface area contributed by atoms with Gasteiger partial charge in [0.05, 0.1) is 5.69 Å². The van der Waals surface area contributed by atoms with Crippen LogP contribution in [0.3, 0.4) is 0 Å². The zero-order chi connectivity index (χ0) is 14.0. The normalized spacial score (nSPS) is 16.5. The molecule has 1 aliphatic rings. The summed E-state index contributed by atoms with van der Waals surface area (Å²) in [5, 5.41) is 2.86. The lowest BCUT2D eigenvalue weighted by Crippen LogP contribution is -2.41. The summed E-state index contributed by atoms with van der Waals surface area (Å²) in [4.78, 5) is 12.9. The van der Waals surface area contributed by atoms with Crippen molar-refractivity contribution in [2.45, 2.75) is 25.8 Å². The highest BCUT2D eigenvalue weighted by Gasteiger charge is 2.22. The number of piperidine rings is 1. The van der Waals surface area contributed by atoms with Gasteiger partial charge >= 0.3 is 0 Å². The fourth-order valence-corrected chi connectivity index (χ4v) is 2.20. The van der Waals surface area contributed by atoms with Crippen molar-refractivity contribution in [1.29, 1.82) is 0 Å². The van der Waals surface area contributed by atoms with Gasteiger partial charge in [0.25, 0.3) is 0 Å². The Bertz CT molecular complexity index is 485. The Balaban J connectivity index is 2.00. The minimum absolute atomic E-state index is 0.0115. The van der Waals surface area contributed by atoms with E-state index in [0.717, 1.165) is 6.07 Å². The maximum atomic E-state index is 13.5. The minimum atomic E-state index is -1.47. The molecular weight excluding hydrogens is 257 g/mol. The van der Waals surface area contributed by atoms with Crippen molar-refractivity contribution >= 4 is 11.6 Å². The Hall–Kier alpha value is -1.72. The van der Waals surface area contributed by atoms with Crippen LogP contribution in [-0.4, -0.2) is 29.9 Å². The van der Waals surface area contributed by atoms with Crippen LogP contribution in [0.5, 0.6) is 0 Å². The van der Waals surface area contributed by atoms with Crippen molar-refractivity contribution in [3.05, 3.63) is 29.6 Å². The van der Waals surface area contributed by atoms with Gasteiger partial charge in [0, 0.05) is 26.1 Å². The number of amides is 1. The van der Waals surface area contributed by atoms with Gasteiger partial charge in [0.1, 0.15) is 0 Å². The number of benzene rings is 1. The first kappa shape index (κ1) is 13.7. The largest absolute Gasteiger partial charge is 0.380 e. The number of carbonyl (C=O) groups is 1. The van der Waals surface area contributed by atoms with E-state index in [1.54, 1.807) is 4.90 Å². The molecule has 0 unspecified atom stereocenters. The molecule has 0 saturated carbocycles. The molecule has 0 bridgehead atoms. The molecule has 0 radical (unpaired) electrons.